The van der Waals surface area contributed by atoms with E-state index >= 15 is 0 Å². The Hall–Kier alpha value is -2.20. The zero-order valence-electron chi connectivity index (χ0n) is 37.2. The number of hydrogen-bond acceptors (Lipinski definition) is 21. The van der Waals surface area contributed by atoms with Gasteiger partial charge in [0.2, 0.25) is 0 Å². The number of aliphatic hydroxyl groups is 4. The Morgan fingerprint density at radius 2 is 0.968 bits per heavy atom. The van der Waals surface area contributed by atoms with E-state index in [1.54, 1.807) is 18.7 Å². The predicted octanol–water partition coefficient (Wildman–Crippen LogP) is -1.74. The monoisotopic (exact) mass is 903 g/mol. The molecular weight excluding hydrogens is 824 g/mol. The summed E-state index contributed by atoms with van der Waals surface area (Å²) in [5, 5.41) is 46.6. The van der Waals surface area contributed by atoms with Gasteiger partial charge in [-0.05, 0) is 26.8 Å². The number of aryl methyl sites for hydroxylation is 1. The van der Waals surface area contributed by atoms with Gasteiger partial charge in [0.05, 0.1) is 183 Å². The molecule has 0 bridgehead atoms. The highest BCUT2D eigenvalue weighted by Crippen LogP contribution is 2.03. The topological polar surface area (TPSA) is 269 Å². The molecule has 0 aromatic carbocycles. The van der Waals surface area contributed by atoms with Crippen LogP contribution in [0.25, 0.3) is 0 Å². The fraction of sp³-hybridized carbons (Fsp3) is 0.900. The van der Waals surface area contributed by atoms with E-state index in [1.807, 2.05) is 6.20 Å². The molecule has 0 fully saturated rings. The van der Waals surface area contributed by atoms with Crippen molar-refractivity contribution in [3.8, 4) is 0 Å². The van der Waals surface area contributed by atoms with Crippen LogP contribution in [-0.4, -0.2) is 245 Å². The van der Waals surface area contributed by atoms with E-state index in [-0.39, 0.29) is 25.4 Å². The molecule has 1 heterocycles. The molecule has 1 aromatic heterocycles. The van der Waals surface area contributed by atoms with Crippen molar-refractivity contribution in [3.63, 3.8) is 0 Å². The first kappa shape index (κ1) is 59.8. The molecule has 22 nitrogen and oxygen atoms in total. The van der Waals surface area contributed by atoms with E-state index < -0.39 is 18.3 Å². The number of ketones is 1. The lowest BCUT2D eigenvalue weighted by Gasteiger charge is -2.21. The molecule has 0 spiro atoms. The Morgan fingerprint density at radius 3 is 1.29 bits per heavy atom. The molecule has 22 heteroatoms. The Morgan fingerprint density at radius 1 is 0.613 bits per heavy atom. The maximum absolute atomic E-state index is 10.8. The van der Waals surface area contributed by atoms with Crippen LogP contribution in [0.15, 0.2) is 6.20 Å². The van der Waals surface area contributed by atoms with Gasteiger partial charge in [-0.2, -0.15) is 0 Å². The minimum Gasteiger partial charge on any atom is -0.396 e. The third-order valence-corrected chi connectivity index (χ3v) is 7.89. The average molecular weight is 903 g/mol. The van der Waals surface area contributed by atoms with Crippen molar-refractivity contribution in [2.75, 3.05) is 179 Å². The van der Waals surface area contributed by atoms with E-state index in [1.165, 1.54) is 0 Å². The molecular formula is C40H78N4O18. The van der Waals surface area contributed by atoms with E-state index in [2.05, 4.69) is 15.6 Å². The van der Waals surface area contributed by atoms with Gasteiger partial charge in [0.15, 0.2) is 0 Å². The second-order valence-corrected chi connectivity index (χ2v) is 13.2. The lowest BCUT2D eigenvalue weighted by Crippen LogP contribution is -2.42. The summed E-state index contributed by atoms with van der Waals surface area (Å²) in [5.74, 6) is 0.123. The number of aromatic nitrogens is 3. The first-order valence-electron chi connectivity index (χ1n) is 21.4. The molecule has 366 valence electrons. The van der Waals surface area contributed by atoms with E-state index in [4.69, 9.17) is 72.2 Å². The largest absolute Gasteiger partial charge is 0.396 e. The lowest BCUT2D eigenvalue weighted by atomic mass is 10.1. The van der Waals surface area contributed by atoms with Crippen LogP contribution in [-0.2, 0) is 79.4 Å². The molecule has 0 radical (unpaired) electrons. The molecule has 1 rings (SSSR count). The Kier molecular flexibility index (Phi) is 46.5. The maximum atomic E-state index is 10.8. The number of hydrogen-bond donors (Lipinski definition) is 5. The molecule has 3 unspecified atom stereocenters. The van der Waals surface area contributed by atoms with Crippen molar-refractivity contribution in [1.82, 2.24) is 20.3 Å². The number of carbonyl (C=O) groups is 2. The summed E-state index contributed by atoms with van der Waals surface area (Å²) >= 11 is 0. The minimum absolute atomic E-state index is 0.0714. The third kappa shape index (κ3) is 43.1. The molecule has 3 atom stereocenters. The smallest absolute Gasteiger partial charge is 0.132 e. The van der Waals surface area contributed by atoms with Crippen LogP contribution >= 0.6 is 0 Å². The maximum Gasteiger partial charge on any atom is 0.132 e. The molecule has 0 aliphatic carbocycles. The number of aliphatic hydroxyl groups excluding tert-OH is 4. The van der Waals surface area contributed by atoms with Gasteiger partial charge >= 0.3 is 0 Å². The normalized spacial score (nSPS) is 12.9. The number of carbonyl (C=O) groups excluding carboxylic acids is 2. The van der Waals surface area contributed by atoms with Crippen LogP contribution in [0.4, 0.5) is 0 Å². The van der Waals surface area contributed by atoms with Crippen molar-refractivity contribution in [2.24, 2.45) is 0 Å². The summed E-state index contributed by atoms with van der Waals surface area (Å²) in [7, 11) is 1.63. The number of Topliss-reactive ketones (excluding diaryl/α,β-unsaturated/α-hetero) is 1. The fourth-order valence-electron chi connectivity index (χ4n) is 4.55. The molecule has 0 aliphatic rings. The van der Waals surface area contributed by atoms with Gasteiger partial charge < -0.3 is 87.4 Å². The number of nitrogens with one attached hydrogen (secondary N) is 1. The van der Waals surface area contributed by atoms with Crippen molar-refractivity contribution in [3.05, 3.63) is 11.9 Å². The molecule has 0 amide bonds. The van der Waals surface area contributed by atoms with Crippen LogP contribution < -0.4 is 5.32 Å². The van der Waals surface area contributed by atoms with Gasteiger partial charge in [0, 0.05) is 32.2 Å². The highest BCUT2D eigenvalue weighted by atomic mass is 16.6. The van der Waals surface area contributed by atoms with E-state index in [0.717, 1.165) is 12.0 Å². The summed E-state index contributed by atoms with van der Waals surface area (Å²) in [6.07, 6.45) is 0.992. The van der Waals surface area contributed by atoms with Crippen LogP contribution in [0.2, 0.25) is 0 Å². The van der Waals surface area contributed by atoms with Gasteiger partial charge in [-0.1, -0.05) is 5.21 Å². The standard InChI is InChI=1S/C33H61N3O14.C7H17NO4/c1-32(38)4-7-39-9-11-41-13-15-43-17-19-45-21-23-47-25-27-49-29-30-50-28-26-48-24-22-46-20-18-44-16-14-42-12-10-40-8-5-36-31-33(34-35-36)3-2-6-37;1-8-4-6(11)7(12)5(10)2-3-9/h6,31H,2-5,7-30H2,1H3;5-12H,2-4H2,1H3. The number of likely N-dealkylation sites (N-methyl/N-ethyl adjacent to an activating group) is 1. The highest BCUT2D eigenvalue weighted by Gasteiger charge is 2.23. The van der Waals surface area contributed by atoms with Gasteiger partial charge in [0.25, 0.3) is 0 Å². The van der Waals surface area contributed by atoms with Crippen molar-refractivity contribution in [2.45, 2.75) is 57.5 Å². The van der Waals surface area contributed by atoms with Gasteiger partial charge in [-0.25, -0.2) is 4.68 Å². The van der Waals surface area contributed by atoms with Crippen molar-refractivity contribution in [1.29, 1.82) is 0 Å². The number of aldehydes is 1. The lowest BCUT2D eigenvalue weighted by molar-refractivity contribution is -0.118. The SMILES string of the molecule is CC(=O)CCOCCOCCOCCOCCOCCOCCOCCOCCOCCOCCOCCOCCn1cc(CCC=O)nn1.CNCC(O)C(O)C(O)CCO. The van der Waals surface area contributed by atoms with Crippen LogP contribution in [0.1, 0.15) is 31.9 Å². The summed E-state index contributed by atoms with van der Waals surface area (Å²) in [4.78, 5) is 21.2. The molecule has 0 saturated carbocycles. The average Bonchev–Trinajstić information content (AvgIpc) is 3.72. The van der Waals surface area contributed by atoms with E-state index in [9.17, 15) is 14.7 Å². The van der Waals surface area contributed by atoms with Gasteiger partial charge in [-0.15, -0.1) is 5.10 Å². The Balaban J connectivity index is 0.00000268. The van der Waals surface area contributed by atoms with Crippen LogP contribution in [0, 0.1) is 0 Å². The van der Waals surface area contributed by atoms with Crippen molar-refractivity contribution < 1.29 is 86.9 Å². The molecule has 0 saturated heterocycles. The third-order valence-electron chi connectivity index (χ3n) is 7.89. The molecule has 62 heavy (non-hydrogen) atoms. The van der Waals surface area contributed by atoms with Gasteiger partial charge in [0.1, 0.15) is 18.2 Å². The van der Waals surface area contributed by atoms with Crippen LogP contribution in [0.3, 0.4) is 0 Å². The first-order valence-corrected chi connectivity index (χ1v) is 21.4. The Bertz CT molecular complexity index is 1070. The van der Waals surface area contributed by atoms with Crippen molar-refractivity contribution >= 4 is 12.1 Å². The first-order chi connectivity index (χ1) is 30.3. The molecule has 5 N–H and O–H groups in total. The second kappa shape index (κ2) is 48.3. The van der Waals surface area contributed by atoms with E-state index in [0.29, 0.717) is 184 Å². The molecule has 1 aromatic rings. The summed E-state index contributed by atoms with van der Waals surface area (Å²) in [5.41, 5.74) is 0.804. The number of nitrogens with zero attached hydrogens (tertiary/aromatic N) is 3. The van der Waals surface area contributed by atoms with Gasteiger partial charge in [-0.3, -0.25) is 4.79 Å². The summed E-state index contributed by atoms with van der Waals surface area (Å²) < 4.78 is 67.1. The summed E-state index contributed by atoms with van der Waals surface area (Å²) in [6.45, 7) is 13.9. The Labute approximate surface area is 367 Å². The fourth-order valence-corrected chi connectivity index (χ4v) is 4.55. The zero-order chi connectivity index (χ0) is 45.4. The quantitative estimate of drug-likeness (QED) is 0.0359. The molecule has 0 aliphatic heterocycles. The van der Waals surface area contributed by atoms with Crippen LogP contribution in [0.5, 0.6) is 0 Å². The summed E-state index contributed by atoms with van der Waals surface area (Å²) in [6, 6.07) is 0. The number of rotatable bonds is 48. The zero-order valence-corrected chi connectivity index (χ0v) is 37.2. The minimum atomic E-state index is -1.20. The number of ether oxygens (including phenoxy) is 12. The highest BCUT2D eigenvalue weighted by molar-refractivity contribution is 5.75. The second-order valence-electron chi connectivity index (χ2n) is 13.2. The predicted molar refractivity (Wildman–Crippen MR) is 223 cm³/mol.